The lowest BCUT2D eigenvalue weighted by atomic mass is 10.4. The van der Waals surface area contributed by atoms with Crippen molar-refractivity contribution in [3.8, 4) is 0 Å². The lowest BCUT2D eigenvalue weighted by molar-refractivity contribution is 1.47. The van der Waals surface area contributed by atoms with E-state index in [9.17, 15) is 0 Å². The van der Waals surface area contributed by atoms with E-state index in [2.05, 4.69) is 0 Å². The van der Waals surface area contributed by atoms with Crippen molar-refractivity contribution in [2.24, 2.45) is 0 Å². The van der Waals surface area contributed by atoms with Crippen LogP contribution < -0.4 is 0 Å². The molecule has 1 rings (SSSR count). The average molecular weight is 228 g/mol. The van der Waals surface area contributed by atoms with Gasteiger partial charge in [0, 0.05) is 9.92 Å². The zero-order valence-corrected chi connectivity index (χ0v) is 8.78. The Balaban J connectivity index is 3.24. The molecule has 0 nitrogen and oxygen atoms in total. The average Bonchev–Trinajstić information content (AvgIpc) is 1.96. The molecule has 0 unspecified atom stereocenters. The number of hydrogen-bond donors (Lipinski definition) is 0. The SMILES string of the molecule is CSc1cc(Cl)cc(Cl)c1Cl. The smallest absolute Gasteiger partial charge is 0.0728 e. The molecule has 0 N–H and O–H groups in total. The van der Waals surface area contributed by atoms with Crippen molar-refractivity contribution in [3.05, 3.63) is 27.2 Å². The topological polar surface area (TPSA) is 0 Å². The second-order valence-corrected chi connectivity index (χ2v) is 3.97. The van der Waals surface area contributed by atoms with Gasteiger partial charge >= 0.3 is 0 Å². The van der Waals surface area contributed by atoms with Crippen molar-refractivity contribution in [2.45, 2.75) is 4.90 Å². The van der Waals surface area contributed by atoms with E-state index in [0.29, 0.717) is 15.1 Å². The molecule has 0 aliphatic rings. The number of rotatable bonds is 1. The van der Waals surface area contributed by atoms with E-state index in [1.807, 2.05) is 6.26 Å². The van der Waals surface area contributed by atoms with Gasteiger partial charge in [0.25, 0.3) is 0 Å². The Morgan fingerprint density at radius 1 is 1.18 bits per heavy atom. The van der Waals surface area contributed by atoms with Crippen LogP contribution in [0.1, 0.15) is 0 Å². The van der Waals surface area contributed by atoms with Crippen LogP contribution in [0.25, 0.3) is 0 Å². The van der Waals surface area contributed by atoms with Crippen LogP contribution in [0.5, 0.6) is 0 Å². The standard InChI is InChI=1S/C7H5Cl3S/c1-11-6-3-4(8)2-5(9)7(6)10/h2-3H,1H3. The van der Waals surface area contributed by atoms with Gasteiger partial charge in [-0.1, -0.05) is 34.8 Å². The van der Waals surface area contributed by atoms with Gasteiger partial charge in [-0.05, 0) is 18.4 Å². The second kappa shape index (κ2) is 3.90. The van der Waals surface area contributed by atoms with Crippen molar-refractivity contribution < 1.29 is 0 Å². The molecule has 1 aromatic carbocycles. The molecule has 0 saturated heterocycles. The van der Waals surface area contributed by atoms with Crippen molar-refractivity contribution in [2.75, 3.05) is 6.26 Å². The Labute approximate surface area is 84.8 Å². The predicted molar refractivity (Wildman–Crippen MR) is 53.3 cm³/mol. The third-order valence-corrected chi connectivity index (χ3v) is 3.07. The first kappa shape index (κ1) is 9.53. The Bertz CT molecular complexity index is 273. The van der Waals surface area contributed by atoms with Gasteiger partial charge in [-0.15, -0.1) is 11.8 Å². The molecule has 60 valence electrons. The highest BCUT2D eigenvalue weighted by Gasteiger charge is 2.04. The maximum absolute atomic E-state index is 5.85. The zero-order valence-electron chi connectivity index (χ0n) is 5.70. The van der Waals surface area contributed by atoms with Crippen LogP contribution in [0.4, 0.5) is 0 Å². The van der Waals surface area contributed by atoms with Crippen molar-refractivity contribution in [3.63, 3.8) is 0 Å². The number of benzene rings is 1. The van der Waals surface area contributed by atoms with Gasteiger partial charge in [-0.25, -0.2) is 0 Å². The fourth-order valence-corrected chi connectivity index (χ4v) is 2.17. The van der Waals surface area contributed by atoms with Gasteiger partial charge in [0.15, 0.2) is 0 Å². The van der Waals surface area contributed by atoms with Crippen LogP contribution in [0, 0.1) is 0 Å². The van der Waals surface area contributed by atoms with Gasteiger partial charge in [-0.2, -0.15) is 0 Å². The molecular weight excluding hydrogens is 223 g/mol. The summed E-state index contributed by atoms with van der Waals surface area (Å²) in [5, 5.41) is 1.69. The van der Waals surface area contributed by atoms with E-state index >= 15 is 0 Å². The molecule has 0 aromatic heterocycles. The first-order chi connectivity index (χ1) is 5.15. The molecule has 0 atom stereocenters. The molecule has 0 bridgehead atoms. The fraction of sp³-hybridized carbons (Fsp3) is 0.143. The summed E-state index contributed by atoms with van der Waals surface area (Å²) in [5.74, 6) is 0. The largest absolute Gasteiger partial charge is 0.128 e. The van der Waals surface area contributed by atoms with Gasteiger partial charge in [0.1, 0.15) is 0 Å². The fourth-order valence-electron chi connectivity index (χ4n) is 0.681. The number of hydrogen-bond acceptors (Lipinski definition) is 1. The molecule has 0 radical (unpaired) electrons. The Morgan fingerprint density at radius 3 is 2.36 bits per heavy atom. The summed E-state index contributed by atoms with van der Waals surface area (Å²) in [6, 6.07) is 3.42. The third-order valence-electron chi connectivity index (χ3n) is 1.18. The molecule has 0 saturated carbocycles. The van der Waals surface area contributed by atoms with Crippen LogP contribution >= 0.6 is 46.6 Å². The summed E-state index contributed by atoms with van der Waals surface area (Å²) in [6.07, 6.45) is 1.92. The number of halogens is 3. The Hall–Kier alpha value is 0.440. The van der Waals surface area contributed by atoms with Crippen LogP contribution in [0.3, 0.4) is 0 Å². The molecule has 1 aromatic rings. The van der Waals surface area contributed by atoms with Gasteiger partial charge in [-0.3, -0.25) is 0 Å². The molecule has 11 heavy (non-hydrogen) atoms. The molecule has 0 amide bonds. The highest BCUT2D eigenvalue weighted by atomic mass is 35.5. The van der Waals surface area contributed by atoms with E-state index in [0.717, 1.165) is 4.90 Å². The monoisotopic (exact) mass is 226 g/mol. The lowest BCUT2D eigenvalue weighted by Gasteiger charge is -2.02. The van der Waals surface area contributed by atoms with Crippen LogP contribution in [-0.4, -0.2) is 6.26 Å². The molecule has 0 fully saturated rings. The first-order valence-corrected chi connectivity index (χ1v) is 5.19. The lowest BCUT2D eigenvalue weighted by Crippen LogP contribution is -1.75. The molecule has 0 aliphatic heterocycles. The van der Waals surface area contributed by atoms with E-state index < -0.39 is 0 Å². The molecule has 4 heteroatoms. The minimum absolute atomic E-state index is 0.503. The minimum Gasteiger partial charge on any atom is -0.128 e. The predicted octanol–water partition coefficient (Wildman–Crippen LogP) is 4.37. The normalized spacial score (nSPS) is 10.2. The first-order valence-electron chi connectivity index (χ1n) is 2.83. The van der Waals surface area contributed by atoms with E-state index in [1.165, 1.54) is 11.8 Å². The minimum atomic E-state index is 0.503. The second-order valence-electron chi connectivity index (χ2n) is 1.90. The van der Waals surface area contributed by atoms with Gasteiger partial charge in [0.2, 0.25) is 0 Å². The summed E-state index contributed by atoms with van der Waals surface area (Å²) >= 11 is 18.9. The summed E-state index contributed by atoms with van der Waals surface area (Å²) < 4.78 is 0. The Kier molecular flexibility index (Phi) is 3.38. The Morgan fingerprint density at radius 2 is 1.82 bits per heavy atom. The maximum Gasteiger partial charge on any atom is 0.0728 e. The summed E-state index contributed by atoms with van der Waals surface area (Å²) in [7, 11) is 0. The summed E-state index contributed by atoms with van der Waals surface area (Å²) in [6.45, 7) is 0. The zero-order chi connectivity index (χ0) is 8.43. The van der Waals surface area contributed by atoms with Gasteiger partial charge in [0.05, 0.1) is 10.0 Å². The maximum atomic E-state index is 5.85. The van der Waals surface area contributed by atoms with E-state index in [-0.39, 0.29) is 0 Å². The van der Waals surface area contributed by atoms with E-state index in [4.69, 9.17) is 34.8 Å². The van der Waals surface area contributed by atoms with Crippen molar-refractivity contribution in [1.29, 1.82) is 0 Å². The highest BCUT2D eigenvalue weighted by molar-refractivity contribution is 7.98. The quantitative estimate of drug-likeness (QED) is 0.507. The number of thioether (sulfide) groups is 1. The summed E-state index contributed by atoms with van der Waals surface area (Å²) in [5.41, 5.74) is 0. The van der Waals surface area contributed by atoms with Crippen LogP contribution in [0.15, 0.2) is 17.0 Å². The molecular formula is C7H5Cl3S. The molecule has 0 heterocycles. The van der Waals surface area contributed by atoms with E-state index in [1.54, 1.807) is 12.1 Å². The van der Waals surface area contributed by atoms with Crippen molar-refractivity contribution >= 4 is 46.6 Å². The van der Waals surface area contributed by atoms with Crippen LogP contribution in [-0.2, 0) is 0 Å². The third kappa shape index (κ3) is 2.19. The molecule has 0 aliphatic carbocycles. The van der Waals surface area contributed by atoms with Crippen LogP contribution in [0.2, 0.25) is 15.1 Å². The van der Waals surface area contributed by atoms with Gasteiger partial charge < -0.3 is 0 Å². The summed E-state index contributed by atoms with van der Waals surface area (Å²) in [4.78, 5) is 0.907. The van der Waals surface area contributed by atoms with Crippen molar-refractivity contribution in [1.82, 2.24) is 0 Å². The highest BCUT2D eigenvalue weighted by Crippen LogP contribution is 2.34. The molecule has 0 spiro atoms.